The summed E-state index contributed by atoms with van der Waals surface area (Å²) in [5.74, 6) is 0.864. The van der Waals surface area contributed by atoms with Gasteiger partial charge < -0.3 is 0 Å². The van der Waals surface area contributed by atoms with Crippen LogP contribution < -0.4 is 4.72 Å². The number of halogens is 1. The van der Waals surface area contributed by atoms with Crippen molar-refractivity contribution in [1.29, 1.82) is 0 Å². The summed E-state index contributed by atoms with van der Waals surface area (Å²) < 4.78 is 26.9. The molecule has 1 rings (SSSR count). The van der Waals surface area contributed by atoms with E-state index in [0.717, 1.165) is 24.3 Å². The summed E-state index contributed by atoms with van der Waals surface area (Å²) in [4.78, 5) is 3.96. The Balaban J connectivity index is 2.60. The lowest BCUT2D eigenvalue weighted by atomic mass is 10.0. The highest BCUT2D eigenvalue weighted by Gasteiger charge is 2.18. The molecular formula is C11H19ClN2O2S2. The molecule has 0 aliphatic heterocycles. The highest BCUT2D eigenvalue weighted by atomic mass is 35.5. The molecule has 0 fully saturated rings. The van der Waals surface area contributed by atoms with Crippen LogP contribution in [0.3, 0.4) is 0 Å². The van der Waals surface area contributed by atoms with Gasteiger partial charge in [0.1, 0.15) is 0 Å². The number of hydrogen-bond acceptors (Lipinski definition) is 4. The zero-order chi connectivity index (χ0) is 13.6. The number of rotatable bonds is 8. The number of nitrogens with one attached hydrogen (secondary N) is 1. The Labute approximate surface area is 118 Å². The van der Waals surface area contributed by atoms with Crippen LogP contribution in [0.1, 0.15) is 31.2 Å². The van der Waals surface area contributed by atoms with Gasteiger partial charge in [-0.15, -0.1) is 22.9 Å². The van der Waals surface area contributed by atoms with Gasteiger partial charge in [0.15, 0.2) is 4.21 Å². The first-order chi connectivity index (χ1) is 8.49. The largest absolute Gasteiger partial charge is 0.251 e. The van der Waals surface area contributed by atoms with Crippen LogP contribution in [-0.2, 0) is 10.0 Å². The first-order valence-electron chi connectivity index (χ1n) is 5.97. The van der Waals surface area contributed by atoms with Crippen LogP contribution in [0.2, 0.25) is 0 Å². The van der Waals surface area contributed by atoms with Crippen molar-refractivity contribution in [3.05, 3.63) is 11.2 Å². The molecule has 1 aromatic rings. The van der Waals surface area contributed by atoms with Gasteiger partial charge >= 0.3 is 0 Å². The van der Waals surface area contributed by atoms with Crippen LogP contribution in [0.4, 0.5) is 0 Å². The zero-order valence-corrected chi connectivity index (χ0v) is 13.0. The maximum atomic E-state index is 12.0. The molecule has 0 spiro atoms. The van der Waals surface area contributed by atoms with Gasteiger partial charge in [0.25, 0.3) is 10.0 Å². The molecule has 0 saturated heterocycles. The second-order valence-corrected chi connectivity index (χ2v) is 7.79. The normalized spacial score (nSPS) is 13.7. The summed E-state index contributed by atoms with van der Waals surface area (Å²) in [6, 6.07) is 0. The predicted octanol–water partition coefficient (Wildman–Crippen LogP) is 2.78. The van der Waals surface area contributed by atoms with Crippen LogP contribution in [0.15, 0.2) is 10.4 Å². The van der Waals surface area contributed by atoms with Crippen molar-refractivity contribution in [2.24, 2.45) is 5.92 Å². The third-order valence-electron chi connectivity index (χ3n) is 2.64. The summed E-state index contributed by atoms with van der Waals surface area (Å²) in [7, 11) is -3.41. The standard InChI is InChI=1S/C11H19ClN2O2S2/c1-3-4-10(5-6-12)7-14-18(15,16)11-8-13-9(2)17-11/h8,10,14H,3-7H2,1-2H3. The molecule has 4 nitrogen and oxygen atoms in total. The van der Waals surface area contributed by atoms with Gasteiger partial charge in [-0.25, -0.2) is 18.1 Å². The van der Waals surface area contributed by atoms with E-state index in [1.807, 2.05) is 0 Å². The first-order valence-corrected chi connectivity index (χ1v) is 8.81. The lowest BCUT2D eigenvalue weighted by Gasteiger charge is -2.15. The molecular weight excluding hydrogens is 292 g/mol. The molecule has 0 radical (unpaired) electrons. The summed E-state index contributed by atoms with van der Waals surface area (Å²) in [5, 5.41) is 0.751. The summed E-state index contributed by atoms with van der Waals surface area (Å²) in [6.07, 6.45) is 4.25. The van der Waals surface area contributed by atoms with E-state index in [4.69, 9.17) is 11.6 Å². The van der Waals surface area contributed by atoms with Crippen LogP contribution >= 0.6 is 22.9 Å². The van der Waals surface area contributed by atoms with E-state index in [1.54, 1.807) is 6.92 Å². The third kappa shape index (κ3) is 4.84. The third-order valence-corrected chi connectivity index (χ3v) is 5.66. The van der Waals surface area contributed by atoms with Crippen molar-refractivity contribution in [2.75, 3.05) is 12.4 Å². The number of aromatic nitrogens is 1. The average molecular weight is 311 g/mol. The molecule has 0 aliphatic rings. The summed E-state index contributed by atoms with van der Waals surface area (Å²) >= 11 is 6.90. The highest BCUT2D eigenvalue weighted by molar-refractivity contribution is 7.91. The fourth-order valence-corrected chi connectivity index (χ4v) is 4.25. The van der Waals surface area contributed by atoms with Gasteiger partial charge in [0.05, 0.1) is 11.2 Å². The van der Waals surface area contributed by atoms with E-state index in [2.05, 4.69) is 16.6 Å². The fourth-order valence-electron chi connectivity index (χ4n) is 1.68. The number of alkyl halides is 1. The summed E-state index contributed by atoms with van der Waals surface area (Å²) in [6.45, 7) is 4.32. The van der Waals surface area contributed by atoms with Crippen molar-refractivity contribution in [1.82, 2.24) is 9.71 Å². The lowest BCUT2D eigenvalue weighted by Crippen LogP contribution is -2.29. The molecule has 7 heteroatoms. The molecule has 1 unspecified atom stereocenters. The fraction of sp³-hybridized carbons (Fsp3) is 0.727. The minimum absolute atomic E-state index is 0.279. The van der Waals surface area contributed by atoms with E-state index in [-0.39, 0.29) is 4.21 Å². The van der Waals surface area contributed by atoms with Crippen LogP contribution in [0.5, 0.6) is 0 Å². The number of sulfonamides is 1. The van der Waals surface area contributed by atoms with Crippen molar-refractivity contribution in [3.8, 4) is 0 Å². The number of hydrogen-bond donors (Lipinski definition) is 1. The van der Waals surface area contributed by atoms with Gasteiger partial charge in [-0.1, -0.05) is 13.3 Å². The van der Waals surface area contributed by atoms with E-state index in [0.29, 0.717) is 18.3 Å². The van der Waals surface area contributed by atoms with Crippen molar-refractivity contribution in [3.63, 3.8) is 0 Å². The monoisotopic (exact) mass is 310 g/mol. The van der Waals surface area contributed by atoms with Gasteiger partial charge in [0.2, 0.25) is 0 Å². The quantitative estimate of drug-likeness (QED) is 0.751. The molecule has 0 saturated carbocycles. The van der Waals surface area contributed by atoms with Gasteiger partial charge in [-0.3, -0.25) is 0 Å². The zero-order valence-electron chi connectivity index (χ0n) is 10.6. The van der Waals surface area contributed by atoms with Gasteiger partial charge in [0, 0.05) is 12.4 Å². The minimum Gasteiger partial charge on any atom is -0.249 e. The molecule has 1 heterocycles. The molecule has 1 N–H and O–H groups in total. The van der Waals surface area contributed by atoms with Crippen LogP contribution in [0.25, 0.3) is 0 Å². The van der Waals surface area contributed by atoms with Crippen LogP contribution in [0, 0.1) is 12.8 Å². The number of aryl methyl sites for hydroxylation is 1. The van der Waals surface area contributed by atoms with Crippen molar-refractivity contribution >= 4 is 33.0 Å². The molecule has 0 bridgehead atoms. The number of thiazole rings is 1. The topological polar surface area (TPSA) is 59.1 Å². The van der Waals surface area contributed by atoms with E-state index in [9.17, 15) is 8.42 Å². The maximum absolute atomic E-state index is 12.0. The Kier molecular flexibility index (Phi) is 6.55. The van der Waals surface area contributed by atoms with Gasteiger partial charge in [-0.2, -0.15) is 0 Å². The van der Waals surface area contributed by atoms with E-state index in [1.165, 1.54) is 17.5 Å². The van der Waals surface area contributed by atoms with E-state index >= 15 is 0 Å². The molecule has 1 atom stereocenters. The SMILES string of the molecule is CCCC(CCCl)CNS(=O)(=O)c1cnc(C)s1. The Morgan fingerprint density at radius 3 is 2.72 bits per heavy atom. The highest BCUT2D eigenvalue weighted by Crippen LogP contribution is 2.18. The summed E-state index contributed by atoms with van der Waals surface area (Å²) in [5.41, 5.74) is 0. The second kappa shape index (κ2) is 7.43. The molecule has 0 amide bonds. The predicted molar refractivity (Wildman–Crippen MR) is 75.8 cm³/mol. The maximum Gasteiger partial charge on any atom is 0.251 e. The Bertz CT molecular complexity index is 453. The van der Waals surface area contributed by atoms with Crippen molar-refractivity contribution in [2.45, 2.75) is 37.3 Å². The molecule has 18 heavy (non-hydrogen) atoms. The molecule has 104 valence electrons. The van der Waals surface area contributed by atoms with E-state index < -0.39 is 10.0 Å². The second-order valence-electron chi connectivity index (χ2n) is 4.18. The molecule has 0 aromatic carbocycles. The van der Waals surface area contributed by atoms with Crippen molar-refractivity contribution < 1.29 is 8.42 Å². The van der Waals surface area contributed by atoms with Crippen LogP contribution in [-0.4, -0.2) is 25.8 Å². The lowest BCUT2D eigenvalue weighted by molar-refractivity contribution is 0.457. The Morgan fingerprint density at radius 1 is 1.50 bits per heavy atom. The Morgan fingerprint density at radius 2 is 2.22 bits per heavy atom. The first kappa shape index (κ1) is 15.9. The minimum atomic E-state index is -3.41. The van der Waals surface area contributed by atoms with Gasteiger partial charge in [-0.05, 0) is 25.7 Å². The molecule has 0 aliphatic carbocycles. The number of nitrogens with zero attached hydrogens (tertiary/aromatic N) is 1. The smallest absolute Gasteiger partial charge is 0.249 e. The molecule has 1 aromatic heterocycles. The average Bonchev–Trinajstić information content (AvgIpc) is 2.74. The Hall–Kier alpha value is -0.170.